The molecular weight excluding hydrogens is 273 g/mol. The van der Waals surface area contributed by atoms with E-state index in [0.29, 0.717) is 0 Å². The molecule has 2 saturated heterocycles. The van der Waals surface area contributed by atoms with Crippen LogP contribution in [0.25, 0.3) is 0 Å². The second-order valence-electron chi connectivity index (χ2n) is 4.81. The molecule has 1 amide bonds. The molecule has 0 spiro atoms. The van der Waals surface area contributed by atoms with Crippen LogP contribution in [0.2, 0.25) is 0 Å². The molecule has 0 unspecified atom stereocenters. The molecule has 0 radical (unpaired) electrons. The van der Waals surface area contributed by atoms with E-state index in [1.807, 2.05) is 0 Å². The Morgan fingerprint density at radius 3 is 2.39 bits per heavy atom. The van der Waals surface area contributed by atoms with Crippen LogP contribution in [0.4, 0.5) is 0 Å². The summed E-state index contributed by atoms with van der Waals surface area (Å²) in [6, 6.07) is -1.38. The summed E-state index contributed by atoms with van der Waals surface area (Å²) in [5, 5.41) is 16.8. The Balaban J connectivity index is 0.00000162. The molecule has 18 heavy (non-hydrogen) atoms. The predicted molar refractivity (Wildman–Crippen MR) is 56.7 cm³/mol. The van der Waals surface area contributed by atoms with Gasteiger partial charge in [0.1, 0.15) is 11.4 Å². The van der Waals surface area contributed by atoms with E-state index in [2.05, 4.69) is 0 Å². The van der Waals surface area contributed by atoms with Gasteiger partial charge in [-0.15, -0.1) is 0 Å². The number of amides is 1. The Kier molecular flexibility index (Phi) is 3.93. The summed E-state index contributed by atoms with van der Waals surface area (Å²) < 4.78 is 22.7. The molecule has 98 valence electrons. The summed E-state index contributed by atoms with van der Waals surface area (Å²) in [4.78, 5) is 23.6. The van der Waals surface area contributed by atoms with Gasteiger partial charge in [-0.05, 0) is 13.8 Å². The molecule has 2 fully saturated rings. The van der Waals surface area contributed by atoms with E-state index in [4.69, 9.17) is 10.2 Å². The van der Waals surface area contributed by atoms with Gasteiger partial charge in [0.25, 0.3) is 0 Å². The van der Waals surface area contributed by atoms with E-state index in [1.54, 1.807) is 0 Å². The maximum Gasteiger partial charge on any atom is 1.00 e. The van der Waals surface area contributed by atoms with E-state index in [9.17, 15) is 18.0 Å². The normalized spacial score (nSPS) is 35.4. The Labute approximate surface area is 128 Å². The van der Waals surface area contributed by atoms with Gasteiger partial charge in [-0.3, -0.25) is 4.79 Å². The summed E-state index contributed by atoms with van der Waals surface area (Å²) in [5.74, 6) is -2.98. The first kappa shape index (κ1) is 15.9. The van der Waals surface area contributed by atoms with Crippen LogP contribution in [0.5, 0.6) is 0 Å². The van der Waals surface area contributed by atoms with Crippen molar-refractivity contribution in [3.8, 4) is 0 Å². The maximum atomic E-state index is 12.1. The Morgan fingerprint density at radius 1 is 1.50 bits per heavy atom. The van der Waals surface area contributed by atoms with Crippen LogP contribution >= 0.6 is 0 Å². The summed E-state index contributed by atoms with van der Waals surface area (Å²) in [7, 11) is -3.79. The molecule has 0 aromatic rings. The zero-order valence-corrected chi connectivity index (χ0v) is 13.1. The second kappa shape index (κ2) is 4.45. The molecule has 0 saturated carbocycles. The minimum Gasteiger partial charge on any atom is -1.00 e. The van der Waals surface area contributed by atoms with Gasteiger partial charge in [0, 0.05) is 0 Å². The van der Waals surface area contributed by atoms with Gasteiger partial charge < -0.3 is 16.5 Å². The van der Waals surface area contributed by atoms with Crippen LogP contribution in [-0.4, -0.2) is 58.2 Å². The number of sulfone groups is 1. The van der Waals surface area contributed by atoms with Crippen molar-refractivity contribution in [2.45, 2.75) is 30.0 Å². The number of carboxylic acid groups (broad SMARTS) is 1. The fourth-order valence-electron chi connectivity index (χ4n) is 2.58. The molecule has 2 heterocycles. The Hall–Kier alpha value is -0.150. The SMILES string of the molecule is CC1(C)[C@H](C(=O)O)N2C(=O)[C@@H](CO)[C@H]2S1(=O)=O.[H-].[Na+]. The van der Waals surface area contributed by atoms with Gasteiger partial charge in [-0.2, -0.15) is 0 Å². The zero-order valence-electron chi connectivity index (χ0n) is 11.3. The Bertz CT molecular complexity index is 507. The largest absolute Gasteiger partial charge is 1.00 e. The average molecular weight is 287 g/mol. The molecule has 2 N–H and O–H groups in total. The monoisotopic (exact) mass is 287 g/mol. The van der Waals surface area contributed by atoms with Crippen LogP contribution in [0.1, 0.15) is 15.3 Å². The van der Waals surface area contributed by atoms with Gasteiger partial charge in [-0.1, -0.05) is 0 Å². The first-order valence-corrected chi connectivity index (χ1v) is 6.62. The number of aliphatic carboxylic acids is 1. The second-order valence-corrected chi connectivity index (χ2v) is 7.44. The first-order valence-electron chi connectivity index (χ1n) is 5.07. The predicted octanol–water partition coefficient (Wildman–Crippen LogP) is -4.46. The van der Waals surface area contributed by atoms with Crippen molar-refractivity contribution in [1.29, 1.82) is 0 Å². The molecule has 7 nitrogen and oxygen atoms in total. The van der Waals surface area contributed by atoms with Crippen LogP contribution in [-0.2, 0) is 19.4 Å². The number of carbonyl (C=O) groups excluding carboxylic acids is 1. The number of carbonyl (C=O) groups is 2. The van der Waals surface area contributed by atoms with E-state index < -0.39 is 50.4 Å². The molecule has 2 rings (SSSR count). The minimum absolute atomic E-state index is 0. The van der Waals surface area contributed by atoms with Crippen molar-refractivity contribution in [2.75, 3.05) is 6.61 Å². The standard InChI is InChI=1S/C9H13NO6S.Na.H/c1-9(2)5(8(13)14)10-6(12)4(3-11)7(10)17(9,15)16;;/h4-5,7,11H,3H2,1-2H3,(H,13,14);;/q;+1;-1/t4-,5+,7-;;/m1../s1. The van der Waals surface area contributed by atoms with E-state index in [1.165, 1.54) is 13.8 Å². The molecule has 0 aliphatic carbocycles. The fourth-order valence-corrected chi connectivity index (χ4v) is 4.88. The number of aliphatic hydroxyl groups excluding tert-OH is 1. The smallest absolute Gasteiger partial charge is 1.00 e. The number of nitrogens with zero attached hydrogens (tertiary/aromatic N) is 1. The number of hydrogen-bond acceptors (Lipinski definition) is 5. The number of fused-ring (bicyclic) bond motifs is 1. The summed E-state index contributed by atoms with van der Waals surface area (Å²) in [6.07, 6.45) is 0. The van der Waals surface area contributed by atoms with Crippen LogP contribution in [0.15, 0.2) is 0 Å². The van der Waals surface area contributed by atoms with Gasteiger partial charge in [0.2, 0.25) is 5.91 Å². The van der Waals surface area contributed by atoms with Crippen molar-refractivity contribution >= 4 is 21.7 Å². The minimum atomic E-state index is -3.79. The van der Waals surface area contributed by atoms with Gasteiger partial charge in [0.15, 0.2) is 9.84 Å². The van der Waals surface area contributed by atoms with Crippen LogP contribution in [0, 0.1) is 5.92 Å². The van der Waals surface area contributed by atoms with Crippen LogP contribution in [0.3, 0.4) is 0 Å². The van der Waals surface area contributed by atoms with Crippen LogP contribution < -0.4 is 29.6 Å². The summed E-state index contributed by atoms with van der Waals surface area (Å²) >= 11 is 0. The van der Waals surface area contributed by atoms with Gasteiger partial charge >= 0.3 is 35.5 Å². The number of hydrogen-bond donors (Lipinski definition) is 2. The molecule has 0 aromatic carbocycles. The van der Waals surface area contributed by atoms with E-state index in [-0.39, 0.29) is 31.0 Å². The Morgan fingerprint density at radius 2 is 2.00 bits per heavy atom. The molecule has 0 bridgehead atoms. The van der Waals surface area contributed by atoms with E-state index >= 15 is 0 Å². The first-order chi connectivity index (χ1) is 7.67. The number of rotatable bonds is 2. The van der Waals surface area contributed by atoms with E-state index in [0.717, 1.165) is 4.90 Å². The fraction of sp³-hybridized carbons (Fsp3) is 0.778. The number of carboxylic acids is 1. The summed E-state index contributed by atoms with van der Waals surface area (Å²) in [5.41, 5.74) is 0. The van der Waals surface area contributed by atoms with Gasteiger partial charge in [-0.25, -0.2) is 13.2 Å². The molecular formula is C9H14NNaO6S. The third kappa shape index (κ3) is 1.59. The third-order valence-electron chi connectivity index (χ3n) is 3.61. The zero-order chi connectivity index (χ0) is 13.2. The molecule has 2 aliphatic rings. The maximum absolute atomic E-state index is 12.1. The molecule has 3 atom stereocenters. The molecule has 9 heteroatoms. The average Bonchev–Trinajstić information content (AvgIpc) is 2.32. The molecule has 2 aliphatic heterocycles. The van der Waals surface area contributed by atoms with Crippen molar-refractivity contribution < 1.29 is 59.2 Å². The third-order valence-corrected chi connectivity index (χ3v) is 6.49. The summed E-state index contributed by atoms with van der Waals surface area (Å²) in [6.45, 7) is 2.00. The van der Waals surface area contributed by atoms with Crippen molar-refractivity contribution in [2.24, 2.45) is 5.92 Å². The topological polar surface area (TPSA) is 112 Å². The van der Waals surface area contributed by atoms with Crippen molar-refractivity contribution in [3.63, 3.8) is 0 Å². The van der Waals surface area contributed by atoms with Crippen molar-refractivity contribution in [1.82, 2.24) is 4.90 Å². The molecule has 0 aromatic heterocycles. The number of β-lactam (4-membered cyclic amide) rings is 1. The van der Waals surface area contributed by atoms with Crippen molar-refractivity contribution in [3.05, 3.63) is 0 Å². The number of aliphatic hydroxyl groups is 1. The quantitative estimate of drug-likeness (QED) is 0.391. The van der Waals surface area contributed by atoms with Gasteiger partial charge in [0.05, 0.1) is 17.3 Å².